The van der Waals surface area contributed by atoms with Crippen molar-refractivity contribution in [2.75, 3.05) is 13.1 Å². The number of hydrogen-bond donors (Lipinski definition) is 2. The minimum atomic E-state index is -0.503. The summed E-state index contributed by atoms with van der Waals surface area (Å²) >= 11 is 0. The second kappa shape index (κ2) is 8.04. The second-order valence-corrected chi connectivity index (χ2v) is 7.63. The molecule has 0 atom stereocenters. The van der Waals surface area contributed by atoms with Gasteiger partial charge in [0.25, 0.3) is 5.91 Å². The van der Waals surface area contributed by atoms with Crippen molar-refractivity contribution in [3.05, 3.63) is 41.7 Å². The van der Waals surface area contributed by atoms with Gasteiger partial charge in [-0.2, -0.15) is 0 Å². The average molecular weight is 381 g/mol. The summed E-state index contributed by atoms with van der Waals surface area (Å²) in [5.74, 6) is 0.900. The fraction of sp³-hybridized carbons (Fsp3) is 0.476. The van der Waals surface area contributed by atoms with Gasteiger partial charge in [0.15, 0.2) is 0 Å². The number of nitrogens with one attached hydrogen (secondary N) is 1. The van der Waals surface area contributed by atoms with Crippen LogP contribution in [0, 0.1) is 0 Å². The normalized spacial score (nSPS) is 17.6. The van der Waals surface area contributed by atoms with Crippen molar-refractivity contribution in [1.82, 2.24) is 19.8 Å². The molecule has 4 rings (SSSR count). The molecule has 7 heteroatoms. The molecule has 1 fully saturated rings. The van der Waals surface area contributed by atoms with Gasteiger partial charge in [-0.3, -0.25) is 4.79 Å². The molecule has 2 aromatic rings. The molecule has 2 aliphatic rings. The van der Waals surface area contributed by atoms with Crippen LogP contribution < -0.4 is 11.1 Å². The van der Waals surface area contributed by atoms with Gasteiger partial charge in [-0.15, -0.1) is 0 Å². The van der Waals surface area contributed by atoms with Crippen LogP contribution in [0.15, 0.2) is 30.3 Å². The maximum absolute atomic E-state index is 13.3. The first-order valence-corrected chi connectivity index (χ1v) is 10.1. The molecular weight excluding hydrogens is 354 g/mol. The standard InChI is InChI=1S/C21H27N5O2/c22-21(28)23-16-10-13-25(14-11-16)20(27)18-17-9-5-2-6-12-26(17)19(24-18)15-7-3-1-4-8-15/h1,3-4,7-8,16H,2,5-6,9-14H2,(H3,22,23,28). The van der Waals surface area contributed by atoms with E-state index in [4.69, 9.17) is 10.7 Å². The Balaban J connectivity index is 1.60. The largest absolute Gasteiger partial charge is 0.352 e. The minimum Gasteiger partial charge on any atom is -0.352 e. The van der Waals surface area contributed by atoms with Gasteiger partial charge >= 0.3 is 6.03 Å². The number of carbonyl (C=O) groups is 2. The summed E-state index contributed by atoms with van der Waals surface area (Å²) in [5.41, 5.74) is 7.93. The number of piperidine rings is 1. The number of nitrogens with two attached hydrogens (primary N) is 1. The van der Waals surface area contributed by atoms with Gasteiger partial charge in [-0.25, -0.2) is 9.78 Å². The molecule has 28 heavy (non-hydrogen) atoms. The lowest BCUT2D eigenvalue weighted by atomic mass is 10.0. The van der Waals surface area contributed by atoms with E-state index in [1.807, 2.05) is 23.1 Å². The highest BCUT2D eigenvalue weighted by atomic mass is 16.2. The smallest absolute Gasteiger partial charge is 0.312 e. The number of nitrogens with zero attached hydrogens (tertiary/aromatic N) is 3. The molecule has 0 saturated carbocycles. The fourth-order valence-electron chi connectivity index (χ4n) is 4.28. The Morgan fingerprint density at radius 2 is 1.79 bits per heavy atom. The SMILES string of the molecule is NC(=O)NC1CCN(C(=O)c2nc(-c3ccccc3)n3c2CCCCC3)CC1. The number of amides is 3. The molecule has 1 aromatic heterocycles. The van der Waals surface area contributed by atoms with Crippen molar-refractivity contribution in [2.24, 2.45) is 5.73 Å². The van der Waals surface area contributed by atoms with Crippen molar-refractivity contribution >= 4 is 11.9 Å². The van der Waals surface area contributed by atoms with Gasteiger partial charge in [0, 0.05) is 31.2 Å². The summed E-state index contributed by atoms with van der Waals surface area (Å²) in [6.45, 7) is 2.12. The lowest BCUT2D eigenvalue weighted by Crippen LogP contribution is -2.48. The monoisotopic (exact) mass is 381 g/mol. The number of urea groups is 1. The van der Waals surface area contributed by atoms with E-state index in [1.165, 1.54) is 6.42 Å². The molecule has 1 saturated heterocycles. The molecule has 148 valence electrons. The zero-order valence-corrected chi connectivity index (χ0v) is 16.1. The molecule has 1 aromatic carbocycles. The van der Waals surface area contributed by atoms with E-state index in [0.29, 0.717) is 18.8 Å². The highest BCUT2D eigenvalue weighted by Gasteiger charge is 2.30. The highest BCUT2D eigenvalue weighted by molar-refractivity contribution is 5.94. The first-order chi connectivity index (χ1) is 13.6. The van der Waals surface area contributed by atoms with Crippen LogP contribution in [0.3, 0.4) is 0 Å². The van der Waals surface area contributed by atoms with Crippen LogP contribution in [0.4, 0.5) is 4.79 Å². The summed E-state index contributed by atoms with van der Waals surface area (Å²) in [6, 6.07) is 9.65. The summed E-state index contributed by atoms with van der Waals surface area (Å²) < 4.78 is 2.25. The molecule has 7 nitrogen and oxygen atoms in total. The average Bonchev–Trinajstić information content (AvgIpc) is 2.89. The van der Waals surface area contributed by atoms with E-state index in [9.17, 15) is 9.59 Å². The highest BCUT2D eigenvalue weighted by Crippen LogP contribution is 2.28. The number of aromatic nitrogens is 2. The first kappa shape index (κ1) is 18.5. The Bertz CT molecular complexity index is 853. The van der Waals surface area contributed by atoms with E-state index < -0.39 is 6.03 Å². The maximum Gasteiger partial charge on any atom is 0.312 e. The third kappa shape index (κ3) is 3.74. The first-order valence-electron chi connectivity index (χ1n) is 10.1. The molecule has 3 heterocycles. The Kier molecular flexibility index (Phi) is 5.32. The molecule has 2 aliphatic heterocycles. The molecule has 3 N–H and O–H groups in total. The van der Waals surface area contributed by atoms with Crippen molar-refractivity contribution in [3.8, 4) is 11.4 Å². The zero-order chi connectivity index (χ0) is 19.5. The van der Waals surface area contributed by atoms with Gasteiger partial charge in [-0.1, -0.05) is 36.8 Å². The van der Waals surface area contributed by atoms with Crippen molar-refractivity contribution in [3.63, 3.8) is 0 Å². The minimum absolute atomic E-state index is 0.00496. The number of fused-ring (bicyclic) bond motifs is 1. The quantitative estimate of drug-likeness (QED) is 0.856. The lowest BCUT2D eigenvalue weighted by molar-refractivity contribution is 0.0702. The summed E-state index contributed by atoms with van der Waals surface area (Å²) in [7, 11) is 0. The van der Waals surface area contributed by atoms with Gasteiger partial charge < -0.3 is 20.5 Å². The zero-order valence-electron chi connectivity index (χ0n) is 16.1. The topological polar surface area (TPSA) is 93.2 Å². The summed E-state index contributed by atoms with van der Waals surface area (Å²) in [4.78, 5) is 31.0. The van der Waals surface area contributed by atoms with Gasteiger partial charge in [0.05, 0.1) is 5.69 Å². The Labute approximate surface area is 164 Å². The van der Waals surface area contributed by atoms with Crippen molar-refractivity contribution < 1.29 is 9.59 Å². The van der Waals surface area contributed by atoms with E-state index in [-0.39, 0.29) is 11.9 Å². The molecule has 0 unspecified atom stereocenters. The van der Waals surface area contributed by atoms with Gasteiger partial charge in [0.2, 0.25) is 0 Å². The maximum atomic E-state index is 13.3. The van der Waals surface area contributed by atoms with Crippen LogP contribution in [0.2, 0.25) is 0 Å². The summed E-state index contributed by atoms with van der Waals surface area (Å²) in [6.07, 6.45) is 5.70. The number of primary amides is 1. The Morgan fingerprint density at radius 1 is 1.04 bits per heavy atom. The van der Waals surface area contributed by atoms with Crippen LogP contribution in [0.1, 0.15) is 48.3 Å². The molecular formula is C21H27N5O2. The Morgan fingerprint density at radius 3 is 2.50 bits per heavy atom. The number of likely N-dealkylation sites (tertiary alicyclic amines) is 1. The number of rotatable bonds is 3. The van der Waals surface area contributed by atoms with Crippen LogP contribution in [-0.2, 0) is 13.0 Å². The third-order valence-electron chi connectivity index (χ3n) is 5.73. The van der Waals surface area contributed by atoms with Crippen LogP contribution >= 0.6 is 0 Å². The molecule has 0 spiro atoms. The van der Waals surface area contributed by atoms with E-state index in [2.05, 4.69) is 22.0 Å². The number of carbonyl (C=O) groups excluding carboxylic acids is 2. The fourth-order valence-corrected chi connectivity index (χ4v) is 4.28. The van der Waals surface area contributed by atoms with E-state index >= 15 is 0 Å². The van der Waals surface area contributed by atoms with Crippen LogP contribution in [-0.4, -0.2) is 45.5 Å². The molecule has 3 amide bonds. The van der Waals surface area contributed by atoms with E-state index in [0.717, 1.165) is 55.7 Å². The third-order valence-corrected chi connectivity index (χ3v) is 5.73. The van der Waals surface area contributed by atoms with Crippen LogP contribution in [0.25, 0.3) is 11.4 Å². The van der Waals surface area contributed by atoms with Gasteiger partial charge in [0.1, 0.15) is 11.5 Å². The van der Waals surface area contributed by atoms with Crippen molar-refractivity contribution in [1.29, 1.82) is 0 Å². The van der Waals surface area contributed by atoms with Gasteiger partial charge in [-0.05, 0) is 32.1 Å². The van der Waals surface area contributed by atoms with Crippen molar-refractivity contribution in [2.45, 2.75) is 51.1 Å². The number of benzene rings is 1. The van der Waals surface area contributed by atoms with E-state index in [1.54, 1.807) is 0 Å². The number of hydrogen-bond acceptors (Lipinski definition) is 3. The second-order valence-electron chi connectivity index (χ2n) is 7.63. The predicted octanol–water partition coefficient (Wildman–Crippen LogP) is 2.55. The lowest BCUT2D eigenvalue weighted by Gasteiger charge is -2.31. The number of imidazole rings is 1. The molecule has 0 aliphatic carbocycles. The van der Waals surface area contributed by atoms with Crippen LogP contribution in [0.5, 0.6) is 0 Å². The molecule has 0 bridgehead atoms. The predicted molar refractivity (Wildman–Crippen MR) is 107 cm³/mol. The summed E-state index contributed by atoms with van der Waals surface area (Å²) in [5, 5.41) is 2.75. The molecule has 0 radical (unpaired) electrons. The Hall–Kier alpha value is -2.83.